The molecule has 0 bridgehead atoms. The van der Waals surface area contributed by atoms with Crippen LogP contribution in [0, 0.1) is 0 Å². The third kappa shape index (κ3) is 4.53. The molecule has 94 valence electrons. The van der Waals surface area contributed by atoms with Gasteiger partial charge in [0.05, 0.1) is 11.2 Å². The average molecular weight is 236 g/mol. The molecule has 0 fully saturated rings. The summed E-state index contributed by atoms with van der Waals surface area (Å²) in [7, 11) is 1.68. The van der Waals surface area contributed by atoms with Crippen molar-refractivity contribution >= 4 is 5.91 Å². The molecule has 1 rings (SSSR count). The van der Waals surface area contributed by atoms with Gasteiger partial charge in [0.2, 0.25) is 0 Å². The summed E-state index contributed by atoms with van der Waals surface area (Å²) >= 11 is 0. The number of amides is 1. The monoisotopic (exact) mass is 236 g/mol. The van der Waals surface area contributed by atoms with E-state index in [-0.39, 0.29) is 17.6 Å². The Bertz CT molecular complexity index is 363. The Hall–Kier alpha value is -1.42. The molecule has 1 unspecified atom stereocenters. The molecule has 0 aromatic carbocycles. The van der Waals surface area contributed by atoms with Crippen LogP contribution < -0.4 is 5.32 Å². The lowest BCUT2D eigenvalue weighted by Crippen LogP contribution is -2.38. The van der Waals surface area contributed by atoms with Crippen molar-refractivity contribution in [2.45, 2.75) is 38.8 Å². The number of nitrogens with zero attached hydrogens (tertiary/aromatic N) is 1. The number of carbonyl (C=O) groups is 1. The predicted octanol–water partition coefficient (Wildman–Crippen LogP) is 2.02. The highest BCUT2D eigenvalue weighted by atomic mass is 16.5. The first-order valence-electron chi connectivity index (χ1n) is 5.70. The fourth-order valence-electron chi connectivity index (χ4n) is 1.68. The zero-order valence-electron chi connectivity index (χ0n) is 10.9. The van der Waals surface area contributed by atoms with Crippen molar-refractivity contribution in [3.8, 4) is 0 Å². The van der Waals surface area contributed by atoms with Gasteiger partial charge < -0.3 is 10.1 Å². The first kappa shape index (κ1) is 13.6. The van der Waals surface area contributed by atoms with Crippen LogP contribution in [0.2, 0.25) is 0 Å². The lowest BCUT2D eigenvalue weighted by molar-refractivity contribution is 0.00885. The molecule has 0 spiro atoms. The third-order valence-electron chi connectivity index (χ3n) is 2.65. The second kappa shape index (κ2) is 5.77. The fourth-order valence-corrected chi connectivity index (χ4v) is 1.68. The van der Waals surface area contributed by atoms with E-state index in [0.717, 1.165) is 6.42 Å². The van der Waals surface area contributed by atoms with Crippen LogP contribution in [0.25, 0.3) is 0 Å². The van der Waals surface area contributed by atoms with Gasteiger partial charge in [-0.05, 0) is 39.3 Å². The number of nitrogens with one attached hydrogen (secondary N) is 1. The Morgan fingerprint density at radius 1 is 1.59 bits per heavy atom. The zero-order chi connectivity index (χ0) is 12.9. The van der Waals surface area contributed by atoms with Gasteiger partial charge >= 0.3 is 0 Å². The van der Waals surface area contributed by atoms with Crippen molar-refractivity contribution in [1.82, 2.24) is 10.3 Å². The highest BCUT2D eigenvalue weighted by Crippen LogP contribution is 2.15. The molecule has 0 saturated heterocycles. The smallest absolute Gasteiger partial charge is 0.253 e. The van der Waals surface area contributed by atoms with Gasteiger partial charge in [0.25, 0.3) is 5.91 Å². The highest BCUT2D eigenvalue weighted by Gasteiger charge is 2.21. The van der Waals surface area contributed by atoms with Gasteiger partial charge in [0, 0.05) is 25.5 Å². The lowest BCUT2D eigenvalue weighted by Gasteiger charge is -2.27. The number of hydrogen-bond donors (Lipinski definition) is 1. The molecule has 1 heterocycles. The van der Waals surface area contributed by atoms with Crippen molar-refractivity contribution in [1.29, 1.82) is 0 Å². The minimum Gasteiger partial charge on any atom is -0.379 e. The minimum absolute atomic E-state index is 0.0534. The van der Waals surface area contributed by atoms with E-state index >= 15 is 0 Å². The molecule has 17 heavy (non-hydrogen) atoms. The Balaban J connectivity index is 2.52. The van der Waals surface area contributed by atoms with Gasteiger partial charge in [0.1, 0.15) is 0 Å². The average Bonchev–Trinajstić information content (AvgIpc) is 2.29. The second-order valence-electron chi connectivity index (χ2n) is 4.78. The molecule has 1 N–H and O–H groups in total. The Kier molecular flexibility index (Phi) is 4.63. The van der Waals surface area contributed by atoms with Crippen molar-refractivity contribution < 1.29 is 9.53 Å². The van der Waals surface area contributed by atoms with Gasteiger partial charge in [-0.15, -0.1) is 0 Å². The molecule has 4 heteroatoms. The van der Waals surface area contributed by atoms with E-state index < -0.39 is 0 Å². The Morgan fingerprint density at radius 3 is 2.82 bits per heavy atom. The van der Waals surface area contributed by atoms with E-state index in [1.807, 2.05) is 20.8 Å². The van der Waals surface area contributed by atoms with Crippen LogP contribution in [0.1, 0.15) is 37.6 Å². The lowest BCUT2D eigenvalue weighted by atomic mass is 10.00. The van der Waals surface area contributed by atoms with Crippen molar-refractivity contribution in [2.24, 2.45) is 0 Å². The normalized spacial score (nSPS) is 13.2. The minimum atomic E-state index is -0.234. The number of rotatable bonds is 5. The van der Waals surface area contributed by atoms with Crippen molar-refractivity contribution in [3.05, 3.63) is 30.1 Å². The van der Waals surface area contributed by atoms with Crippen molar-refractivity contribution in [3.63, 3.8) is 0 Å². The number of carbonyl (C=O) groups excluding carboxylic acids is 1. The number of methoxy groups -OCH3 is 1. The van der Waals surface area contributed by atoms with E-state index in [4.69, 9.17) is 4.74 Å². The summed E-state index contributed by atoms with van der Waals surface area (Å²) in [5, 5.41) is 2.93. The maximum absolute atomic E-state index is 11.8. The van der Waals surface area contributed by atoms with Gasteiger partial charge in [-0.25, -0.2) is 0 Å². The summed E-state index contributed by atoms with van der Waals surface area (Å²) in [6.45, 7) is 5.97. The van der Waals surface area contributed by atoms with E-state index in [9.17, 15) is 4.79 Å². The summed E-state index contributed by atoms with van der Waals surface area (Å²) in [4.78, 5) is 15.8. The van der Waals surface area contributed by atoms with Crippen LogP contribution in [-0.2, 0) is 4.74 Å². The topological polar surface area (TPSA) is 51.2 Å². The third-order valence-corrected chi connectivity index (χ3v) is 2.65. The maximum atomic E-state index is 11.8. The Morgan fingerprint density at radius 2 is 2.29 bits per heavy atom. The molecule has 1 aromatic rings. The molecule has 1 amide bonds. The molecule has 0 aliphatic heterocycles. The summed E-state index contributed by atoms with van der Waals surface area (Å²) in [5.74, 6) is -0.0995. The molecule has 4 nitrogen and oxygen atoms in total. The second-order valence-corrected chi connectivity index (χ2v) is 4.78. The van der Waals surface area contributed by atoms with Gasteiger partial charge in [-0.1, -0.05) is 0 Å². The quantitative estimate of drug-likeness (QED) is 0.851. The van der Waals surface area contributed by atoms with Crippen LogP contribution >= 0.6 is 0 Å². The molecular weight excluding hydrogens is 216 g/mol. The number of pyridine rings is 1. The maximum Gasteiger partial charge on any atom is 0.253 e. The SMILES string of the molecule is COC(C)(C)CC(C)NC(=O)c1cccnc1. The molecule has 0 radical (unpaired) electrons. The standard InChI is InChI=1S/C13H20N2O2/c1-10(8-13(2,3)17-4)15-12(16)11-6-5-7-14-9-11/h5-7,9-10H,8H2,1-4H3,(H,15,16). The van der Waals surface area contributed by atoms with E-state index in [1.54, 1.807) is 31.6 Å². The number of aromatic nitrogens is 1. The van der Waals surface area contributed by atoms with Crippen LogP contribution in [0.4, 0.5) is 0 Å². The highest BCUT2D eigenvalue weighted by molar-refractivity contribution is 5.93. The van der Waals surface area contributed by atoms with Gasteiger partial charge in [-0.3, -0.25) is 9.78 Å². The fraction of sp³-hybridized carbons (Fsp3) is 0.538. The molecule has 0 aliphatic rings. The van der Waals surface area contributed by atoms with Crippen LogP contribution in [0.15, 0.2) is 24.5 Å². The molecule has 1 atom stereocenters. The van der Waals surface area contributed by atoms with Gasteiger partial charge in [-0.2, -0.15) is 0 Å². The largest absolute Gasteiger partial charge is 0.379 e. The molecular formula is C13H20N2O2. The number of hydrogen-bond acceptors (Lipinski definition) is 3. The molecule has 0 aliphatic carbocycles. The Labute approximate surface area is 102 Å². The van der Waals surface area contributed by atoms with Gasteiger partial charge in [0.15, 0.2) is 0 Å². The van der Waals surface area contributed by atoms with Crippen LogP contribution in [0.3, 0.4) is 0 Å². The van der Waals surface area contributed by atoms with Crippen molar-refractivity contribution in [2.75, 3.05) is 7.11 Å². The summed E-state index contributed by atoms with van der Waals surface area (Å²) in [5.41, 5.74) is 0.344. The summed E-state index contributed by atoms with van der Waals surface area (Å²) in [6.07, 6.45) is 3.97. The first-order chi connectivity index (χ1) is 7.94. The first-order valence-corrected chi connectivity index (χ1v) is 5.70. The predicted molar refractivity (Wildman–Crippen MR) is 66.9 cm³/mol. The number of ether oxygens (including phenoxy) is 1. The molecule has 0 saturated carbocycles. The summed E-state index contributed by atoms with van der Waals surface area (Å²) in [6, 6.07) is 3.55. The van der Waals surface area contributed by atoms with Crippen LogP contribution in [-0.4, -0.2) is 29.6 Å². The summed E-state index contributed by atoms with van der Waals surface area (Å²) < 4.78 is 5.33. The van der Waals surface area contributed by atoms with E-state index in [2.05, 4.69) is 10.3 Å². The van der Waals surface area contributed by atoms with Crippen LogP contribution in [0.5, 0.6) is 0 Å². The van der Waals surface area contributed by atoms with E-state index in [0.29, 0.717) is 5.56 Å². The zero-order valence-corrected chi connectivity index (χ0v) is 10.9. The molecule has 1 aromatic heterocycles. The van der Waals surface area contributed by atoms with E-state index in [1.165, 1.54) is 0 Å².